The number of carbonyl (C=O) groups excluding carboxylic acids is 1. The largest absolute Gasteiger partial charge is 0.369 e. The molecule has 2 aromatic heterocycles. The molecular formula is C24H24N6O. The van der Waals surface area contributed by atoms with Crippen molar-refractivity contribution in [3.63, 3.8) is 0 Å². The van der Waals surface area contributed by atoms with Crippen molar-refractivity contribution in [3.8, 4) is 17.3 Å². The van der Waals surface area contributed by atoms with Crippen LogP contribution in [0, 0.1) is 11.3 Å². The lowest BCUT2D eigenvalue weighted by atomic mass is 10.1. The predicted molar refractivity (Wildman–Crippen MR) is 122 cm³/mol. The molecule has 2 amide bonds. The molecule has 4 rings (SSSR count). The number of urea groups is 1. The Kier molecular flexibility index (Phi) is 5.80. The van der Waals surface area contributed by atoms with Crippen LogP contribution in [-0.4, -0.2) is 35.1 Å². The van der Waals surface area contributed by atoms with E-state index in [4.69, 9.17) is 4.98 Å². The summed E-state index contributed by atoms with van der Waals surface area (Å²) >= 11 is 0. The van der Waals surface area contributed by atoms with Crippen molar-refractivity contribution in [2.24, 2.45) is 0 Å². The van der Waals surface area contributed by atoms with Gasteiger partial charge >= 0.3 is 6.03 Å². The first-order valence-corrected chi connectivity index (χ1v) is 10.4. The Bertz CT molecular complexity index is 1120. The third kappa shape index (κ3) is 4.19. The third-order valence-electron chi connectivity index (χ3n) is 5.48. The van der Waals surface area contributed by atoms with Crippen LogP contribution in [0.2, 0.25) is 0 Å². The minimum absolute atomic E-state index is 0.0415. The van der Waals surface area contributed by atoms with Crippen LogP contribution in [-0.2, 0) is 0 Å². The summed E-state index contributed by atoms with van der Waals surface area (Å²) in [6, 6.07) is 16.8. The number of pyridine rings is 2. The number of hydrogen-bond acceptors (Lipinski definition) is 5. The van der Waals surface area contributed by atoms with E-state index >= 15 is 0 Å². The van der Waals surface area contributed by atoms with E-state index in [1.165, 1.54) is 0 Å². The van der Waals surface area contributed by atoms with Gasteiger partial charge in [0.2, 0.25) is 0 Å². The van der Waals surface area contributed by atoms with Crippen molar-refractivity contribution in [3.05, 3.63) is 66.5 Å². The Morgan fingerprint density at radius 2 is 2.13 bits per heavy atom. The Hall–Kier alpha value is -3.92. The maximum Gasteiger partial charge on any atom is 0.327 e. The van der Waals surface area contributed by atoms with Crippen LogP contribution >= 0.6 is 0 Å². The van der Waals surface area contributed by atoms with Crippen LogP contribution in [0.15, 0.2) is 60.9 Å². The zero-order valence-electron chi connectivity index (χ0n) is 17.6. The summed E-state index contributed by atoms with van der Waals surface area (Å²) < 4.78 is 0. The van der Waals surface area contributed by atoms with Gasteiger partial charge in [0.25, 0.3) is 0 Å². The summed E-state index contributed by atoms with van der Waals surface area (Å²) in [5.74, 6) is 0.619. The van der Waals surface area contributed by atoms with E-state index in [9.17, 15) is 10.1 Å². The maximum absolute atomic E-state index is 13.3. The highest BCUT2D eigenvalue weighted by molar-refractivity contribution is 6.03. The number of nitriles is 1. The SMILES string of the molecule is CCN1CC[C@@H](C)N(C(=O)Nc2cccnc2)c2nc(-c3cccc(C#N)c3)ccc21. The van der Waals surface area contributed by atoms with Gasteiger partial charge in [0.15, 0.2) is 5.82 Å². The minimum atomic E-state index is -0.241. The molecule has 0 spiro atoms. The standard InChI is InChI=1S/C24H24N6O/c1-3-29-13-11-17(2)30(24(31)27-20-8-5-12-26-16-20)23-22(29)10-9-21(28-23)19-7-4-6-18(14-19)15-25/h4-10,12,14,16-17H,3,11,13H2,1-2H3,(H,27,31)/t17-/m1/s1. The van der Waals surface area contributed by atoms with Crippen LogP contribution in [0.4, 0.5) is 22.0 Å². The number of amides is 2. The first-order chi connectivity index (χ1) is 15.1. The zero-order valence-corrected chi connectivity index (χ0v) is 17.6. The van der Waals surface area contributed by atoms with E-state index in [2.05, 4.69) is 28.2 Å². The molecular weight excluding hydrogens is 388 g/mol. The first-order valence-electron chi connectivity index (χ1n) is 10.4. The number of carbonyl (C=O) groups is 1. The Balaban J connectivity index is 1.79. The number of nitrogens with one attached hydrogen (secondary N) is 1. The second-order valence-electron chi connectivity index (χ2n) is 7.49. The summed E-state index contributed by atoms with van der Waals surface area (Å²) in [6.45, 7) is 5.80. The van der Waals surface area contributed by atoms with E-state index in [1.807, 2.05) is 43.3 Å². The molecule has 7 nitrogen and oxygen atoms in total. The number of hydrogen-bond donors (Lipinski definition) is 1. The molecule has 1 aromatic carbocycles. The maximum atomic E-state index is 13.3. The quantitative estimate of drug-likeness (QED) is 0.676. The van der Waals surface area contributed by atoms with Gasteiger partial charge in [-0.05, 0) is 56.7 Å². The lowest BCUT2D eigenvalue weighted by Crippen LogP contribution is -2.42. The van der Waals surface area contributed by atoms with Gasteiger partial charge < -0.3 is 10.2 Å². The normalized spacial score (nSPS) is 15.6. The molecule has 0 radical (unpaired) electrons. The van der Waals surface area contributed by atoms with E-state index in [0.717, 1.165) is 36.5 Å². The number of fused-ring (bicyclic) bond motifs is 1. The lowest BCUT2D eigenvalue weighted by Gasteiger charge is -2.28. The van der Waals surface area contributed by atoms with Gasteiger partial charge in [-0.2, -0.15) is 5.26 Å². The molecule has 0 aliphatic carbocycles. The van der Waals surface area contributed by atoms with E-state index < -0.39 is 0 Å². The molecule has 0 saturated heterocycles. The predicted octanol–water partition coefficient (Wildman–Crippen LogP) is 4.67. The van der Waals surface area contributed by atoms with Gasteiger partial charge in [0, 0.05) is 30.9 Å². The summed E-state index contributed by atoms with van der Waals surface area (Å²) in [4.78, 5) is 26.3. The number of nitrogens with zero attached hydrogens (tertiary/aromatic N) is 5. The highest BCUT2D eigenvalue weighted by Crippen LogP contribution is 2.35. The van der Waals surface area contributed by atoms with E-state index in [1.54, 1.807) is 29.4 Å². The topological polar surface area (TPSA) is 85.2 Å². The van der Waals surface area contributed by atoms with Crippen molar-refractivity contribution in [1.29, 1.82) is 5.26 Å². The molecule has 3 aromatic rings. The van der Waals surface area contributed by atoms with Crippen LogP contribution in [0.5, 0.6) is 0 Å². The Morgan fingerprint density at radius 1 is 1.26 bits per heavy atom. The van der Waals surface area contributed by atoms with Gasteiger partial charge in [-0.15, -0.1) is 0 Å². The van der Waals surface area contributed by atoms with Gasteiger partial charge in [-0.25, -0.2) is 9.78 Å². The molecule has 1 aliphatic heterocycles. The molecule has 7 heteroatoms. The van der Waals surface area contributed by atoms with Crippen LogP contribution < -0.4 is 15.1 Å². The molecule has 156 valence electrons. The van der Waals surface area contributed by atoms with Crippen molar-refractivity contribution in [2.75, 3.05) is 28.2 Å². The van der Waals surface area contributed by atoms with Gasteiger partial charge in [-0.1, -0.05) is 12.1 Å². The number of aromatic nitrogens is 2. The van der Waals surface area contributed by atoms with E-state index in [-0.39, 0.29) is 12.1 Å². The summed E-state index contributed by atoms with van der Waals surface area (Å²) in [5.41, 5.74) is 3.70. The number of rotatable bonds is 3. The summed E-state index contributed by atoms with van der Waals surface area (Å²) in [5, 5.41) is 12.2. The monoisotopic (exact) mass is 412 g/mol. The fraction of sp³-hybridized carbons (Fsp3) is 0.250. The lowest BCUT2D eigenvalue weighted by molar-refractivity contribution is 0.255. The molecule has 0 fully saturated rings. The fourth-order valence-electron chi connectivity index (χ4n) is 3.82. The second kappa shape index (κ2) is 8.84. The van der Waals surface area contributed by atoms with Crippen molar-refractivity contribution in [1.82, 2.24) is 9.97 Å². The number of benzene rings is 1. The van der Waals surface area contributed by atoms with Crippen molar-refractivity contribution >= 4 is 23.2 Å². The minimum Gasteiger partial charge on any atom is -0.369 e. The van der Waals surface area contributed by atoms with Crippen molar-refractivity contribution < 1.29 is 4.79 Å². The first kappa shape index (κ1) is 20.4. The summed E-state index contributed by atoms with van der Waals surface area (Å²) in [6.07, 6.45) is 4.11. The fourth-order valence-corrected chi connectivity index (χ4v) is 3.82. The van der Waals surface area contributed by atoms with Crippen molar-refractivity contribution in [2.45, 2.75) is 26.3 Å². The number of anilines is 3. The highest BCUT2D eigenvalue weighted by atomic mass is 16.2. The van der Waals surface area contributed by atoms with E-state index in [0.29, 0.717) is 17.1 Å². The average Bonchev–Trinajstić information content (AvgIpc) is 2.94. The summed E-state index contributed by atoms with van der Waals surface area (Å²) in [7, 11) is 0. The third-order valence-corrected chi connectivity index (χ3v) is 5.48. The molecule has 0 saturated carbocycles. The van der Waals surface area contributed by atoms with Crippen LogP contribution in [0.25, 0.3) is 11.3 Å². The molecule has 31 heavy (non-hydrogen) atoms. The molecule has 1 N–H and O–H groups in total. The molecule has 0 bridgehead atoms. The van der Waals surface area contributed by atoms with Gasteiger partial charge in [0.05, 0.1) is 34.9 Å². The van der Waals surface area contributed by atoms with Gasteiger partial charge in [-0.3, -0.25) is 9.88 Å². The van der Waals surface area contributed by atoms with Gasteiger partial charge in [0.1, 0.15) is 0 Å². The molecule has 1 aliphatic rings. The zero-order chi connectivity index (χ0) is 21.8. The Morgan fingerprint density at radius 3 is 2.87 bits per heavy atom. The Labute approximate surface area is 182 Å². The molecule has 3 heterocycles. The van der Waals surface area contributed by atoms with Crippen LogP contribution in [0.1, 0.15) is 25.8 Å². The smallest absolute Gasteiger partial charge is 0.327 e. The average molecular weight is 412 g/mol. The molecule has 0 unspecified atom stereocenters. The van der Waals surface area contributed by atoms with Crippen LogP contribution in [0.3, 0.4) is 0 Å². The molecule has 1 atom stereocenters. The highest BCUT2D eigenvalue weighted by Gasteiger charge is 2.31. The second-order valence-corrected chi connectivity index (χ2v) is 7.49.